The molecule has 90 valence electrons. The molecule has 17 heavy (non-hydrogen) atoms. The summed E-state index contributed by atoms with van der Waals surface area (Å²) in [5.41, 5.74) is 6.58. The van der Waals surface area contributed by atoms with E-state index in [9.17, 15) is 9.59 Å². The number of nitrogen functional groups attached to an aromatic ring is 1. The highest BCUT2D eigenvalue weighted by atomic mass is 35.5. The standard InChI is InChI=1S/C11H11ClN2O3/c12-8-2-1-7(13)4-9(8)14-5-6(11(16)17)3-10(14)15/h1-2,4,6H,3,5,13H2,(H,16,17). The second-order valence-electron chi connectivity index (χ2n) is 3.95. The third-order valence-electron chi connectivity index (χ3n) is 2.74. The van der Waals surface area contributed by atoms with Gasteiger partial charge in [0.2, 0.25) is 5.91 Å². The highest BCUT2D eigenvalue weighted by Crippen LogP contribution is 2.32. The monoisotopic (exact) mass is 254 g/mol. The van der Waals surface area contributed by atoms with Gasteiger partial charge >= 0.3 is 5.97 Å². The summed E-state index contributed by atoms with van der Waals surface area (Å²) in [6, 6.07) is 4.79. The lowest BCUT2D eigenvalue weighted by Crippen LogP contribution is -2.26. The van der Waals surface area contributed by atoms with E-state index in [2.05, 4.69) is 0 Å². The molecule has 5 nitrogen and oxygen atoms in total. The Hall–Kier alpha value is -1.75. The molecule has 1 unspecified atom stereocenters. The van der Waals surface area contributed by atoms with Crippen molar-refractivity contribution >= 4 is 34.9 Å². The first-order valence-electron chi connectivity index (χ1n) is 5.07. The van der Waals surface area contributed by atoms with Crippen molar-refractivity contribution in [3.63, 3.8) is 0 Å². The fraction of sp³-hybridized carbons (Fsp3) is 0.273. The number of carboxylic acid groups (broad SMARTS) is 1. The van der Waals surface area contributed by atoms with Gasteiger partial charge < -0.3 is 15.7 Å². The molecule has 2 rings (SSSR count). The lowest BCUT2D eigenvalue weighted by atomic mass is 10.1. The zero-order chi connectivity index (χ0) is 12.6. The molecule has 6 heteroatoms. The molecule has 0 saturated carbocycles. The lowest BCUT2D eigenvalue weighted by molar-refractivity contribution is -0.141. The van der Waals surface area contributed by atoms with E-state index in [0.29, 0.717) is 16.4 Å². The summed E-state index contributed by atoms with van der Waals surface area (Å²) < 4.78 is 0. The molecule has 0 radical (unpaired) electrons. The predicted octanol–water partition coefficient (Wildman–Crippen LogP) is 1.36. The maximum absolute atomic E-state index is 11.7. The van der Waals surface area contributed by atoms with Crippen molar-refractivity contribution in [2.24, 2.45) is 5.92 Å². The minimum Gasteiger partial charge on any atom is -0.481 e. The average Bonchev–Trinajstić information content (AvgIpc) is 2.64. The first-order chi connectivity index (χ1) is 7.99. The van der Waals surface area contributed by atoms with Crippen molar-refractivity contribution in [2.75, 3.05) is 17.2 Å². The Labute approximate surface area is 103 Å². The maximum Gasteiger partial charge on any atom is 0.308 e. The number of aliphatic carboxylic acids is 1. The van der Waals surface area contributed by atoms with Gasteiger partial charge in [0, 0.05) is 18.7 Å². The summed E-state index contributed by atoms with van der Waals surface area (Å²) in [6.45, 7) is 0.136. The highest BCUT2D eigenvalue weighted by molar-refractivity contribution is 6.34. The van der Waals surface area contributed by atoms with Crippen LogP contribution < -0.4 is 10.6 Å². The van der Waals surface area contributed by atoms with Crippen molar-refractivity contribution < 1.29 is 14.7 Å². The topological polar surface area (TPSA) is 83.6 Å². The summed E-state index contributed by atoms with van der Waals surface area (Å²) in [6.07, 6.45) is 0.000458. The van der Waals surface area contributed by atoms with Gasteiger partial charge in [-0.1, -0.05) is 11.6 Å². The average molecular weight is 255 g/mol. The van der Waals surface area contributed by atoms with Gasteiger partial charge in [-0.15, -0.1) is 0 Å². The van der Waals surface area contributed by atoms with Crippen LogP contribution in [0.5, 0.6) is 0 Å². The van der Waals surface area contributed by atoms with Crippen LogP contribution in [-0.4, -0.2) is 23.5 Å². The number of nitrogens with two attached hydrogens (primary N) is 1. The van der Waals surface area contributed by atoms with E-state index < -0.39 is 11.9 Å². The second kappa shape index (κ2) is 4.25. The maximum atomic E-state index is 11.7. The van der Waals surface area contributed by atoms with E-state index in [-0.39, 0.29) is 18.9 Å². The van der Waals surface area contributed by atoms with E-state index in [1.54, 1.807) is 18.2 Å². The van der Waals surface area contributed by atoms with Crippen LogP contribution >= 0.6 is 11.6 Å². The molecule has 1 aromatic carbocycles. The Morgan fingerprint density at radius 2 is 2.24 bits per heavy atom. The van der Waals surface area contributed by atoms with Gasteiger partial charge in [-0.3, -0.25) is 9.59 Å². The molecule has 1 aliphatic rings. The number of hydrogen-bond donors (Lipinski definition) is 2. The van der Waals surface area contributed by atoms with Crippen molar-refractivity contribution in [1.29, 1.82) is 0 Å². The lowest BCUT2D eigenvalue weighted by Gasteiger charge is -2.18. The number of rotatable bonds is 2. The normalized spacial score (nSPS) is 19.7. The molecule has 1 fully saturated rings. The summed E-state index contributed by atoms with van der Waals surface area (Å²) in [7, 11) is 0. The number of hydrogen-bond acceptors (Lipinski definition) is 3. The molecule has 1 saturated heterocycles. The Morgan fingerprint density at radius 3 is 2.82 bits per heavy atom. The van der Waals surface area contributed by atoms with E-state index >= 15 is 0 Å². The SMILES string of the molecule is Nc1ccc(Cl)c(N2CC(C(=O)O)CC2=O)c1. The van der Waals surface area contributed by atoms with Gasteiger partial charge in [0.05, 0.1) is 16.6 Å². The number of halogens is 1. The summed E-state index contributed by atoms with van der Waals surface area (Å²) in [5, 5.41) is 9.27. The van der Waals surface area contributed by atoms with E-state index in [0.717, 1.165) is 0 Å². The summed E-state index contributed by atoms with van der Waals surface area (Å²) in [4.78, 5) is 23.9. The molecule has 1 heterocycles. The zero-order valence-electron chi connectivity index (χ0n) is 8.89. The Balaban J connectivity index is 2.32. The fourth-order valence-electron chi connectivity index (χ4n) is 1.84. The van der Waals surface area contributed by atoms with Gasteiger partial charge in [-0.2, -0.15) is 0 Å². The van der Waals surface area contributed by atoms with Crippen molar-refractivity contribution in [3.8, 4) is 0 Å². The molecule has 0 bridgehead atoms. The zero-order valence-corrected chi connectivity index (χ0v) is 9.65. The predicted molar refractivity (Wildman–Crippen MR) is 64.0 cm³/mol. The summed E-state index contributed by atoms with van der Waals surface area (Å²) in [5.74, 6) is -1.90. The smallest absolute Gasteiger partial charge is 0.308 e. The minimum absolute atomic E-state index is 0.000458. The van der Waals surface area contributed by atoms with E-state index in [1.807, 2.05) is 0 Å². The van der Waals surface area contributed by atoms with Gasteiger partial charge in [0.15, 0.2) is 0 Å². The fourth-order valence-corrected chi connectivity index (χ4v) is 2.06. The van der Waals surface area contributed by atoms with Crippen LogP contribution in [0.3, 0.4) is 0 Å². The Bertz CT molecular complexity index is 490. The number of amides is 1. The van der Waals surface area contributed by atoms with Crippen LogP contribution in [0.25, 0.3) is 0 Å². The number of carbonyl (C=O) groups is 2. The number of carboxylic acids is 1. The van der Waals surface area contributed by atoms with Crippen LogP contribution in [-0.2, 0) is 9.59 Å². The Kier molecular flexibility index (Phi) is 2.93. The molecule has 1 amide bonds. The van der Waals surface area contributed by atoms with Crippen LogP contribution in [0.2, 0.25) is 5.02 Å². The first kappa shape index (κ1) is 11.7. The molecule has 3 N–H and O–H groups in total. The third-order valence-corrected chi connectivity index (χ3v) is 3.05. The van der Waals surface area contributed by atoms with Gasteiger partial charge in [-0.05, 0) is 18.2 Å². The van der Waals surface area contributed by atoms with E-state index in [1.165, 1.54) is 4.90 Å². The number of anilines is 2. The van der Waals surface area contributed by atoms with Crippen LogP contribution in [0.4, 0.5) is 11.4 Å². The number of benzene rings is 1. The molecule has 1 atom stereocenters. The molecule has 0 aliphatic carbocycles. The summed E-state index contributed by atoms with van der Waals surface area (Å²) >= 11 is 5.97. The van der Waals surface area contributed by atoms with E-state index in [4.69, 9.17) is 22.4 Å². The Morgan fingerprint density at radius 1 is 1.53 bits per heavy atom. The molecule has 0 aromatic heterocycles. The number of carbonyl (C=O) groups excluding carboxylic acids is 1. The number of nitrogens with zero attached hydrogens (tertiary/aromatic N) is 1. The molecule has 0 spiro atoms. The minimum atomic E-state index is -0.971. The van der Waals surface area contributed by atoms with Crippen molar-refractivity contribution in [2.45, 2.75) is 6.42 Å². The van der Waals surface area contributed by atoms with Crippen LogP contribution in [0.15, 0.2) is 18.2 Å². The first-order valence-corrected chi connectivity index (χ1v) is 5.45. The molecule has 1 aromatic rings. The van der Waals surface area contributed by atoms with Gasteiger partial charge in [0.25, 0.3) is 0 Å². The largest absolute Gasteiger partial charge is 0.481 e. The van der Waals surface area contributed by atoms with Crippen molar-refractivity contribution in [3.05, 3.63) is 23.2 Å². The molecule has 1 aliphatic heterocycles. The second-order valence-corrected chi connectivity index (χ2v) is 4.36. The van der Waals surface area contributed by atoms with Crippen LogP contribution in [0.1, 0.15) is 6.42 Å². The molecular formula is C11H11ClN2O3. The van der Waals surface area contributed by atoms with Crippen molar-refractivity contribution in [1.82, 2.24) is 0 Å². The van der Waals surface area contributed by atoms with Gasteiger partial charge in [-0.25, -0.2) is 0 Å². The quantitative estimate of drug-likeness (QED) is 0.781. The molecular weight excluding hydrogens is 244 g/mol. The van der Waals surface area contributed by atoms with Crippen LogP contribution in [0, 0.1) is 5.92 Å². The van der Waals surface area contributed by atoms with Gasteiger partial charge in [0.1, 0.15) is 0 Å². The highest BCUT2D eigenvalue weighted by Gasteiger charge is 2.35. The third kappa shape index (κ3) is 2.19.